The predicted octanol–water partition coefficient (Wildman–Crippen LogP) is 3.08. The lowest BCUT2D eigenvalue weighted by atomic mass is 10.2. The molecule has 0 aliphatic carbocycles. The monoisotopic (exact) mass is 277 g/mol. The van der Waals surface area contributed by atoms with Crippen LogP contribution in [0.25, 0.3) is 10.9 Å². The molecule has 0 aliphatic rings. The Hall–Kier alpha value is -3.33. The molecule has 21 heavy (non-hydrogen) atoms. The highest BCUT2D eigenvalue weighted by Crippen LogP contribution is 2.22. The van der Waals surface area contributed by atoms with Gasteiger partial charge < -0.3 is 15.6 Å². The van der Waals surface area contributed by atoms with Gasteiger partial charge in [-0.25, -0.2) is 9.78 Å². The summed E-state index contributed by atoms with van der Waals surface area (Å²) in [6.45, 7) is 0. The van der Waals surface area contributed by atoms with Crippen molar-refractivity contribution >= 4 is 28.3 Å². The number of aromatic nitrogens is 2. The number of H-pyrrole nitrogens is 1. The summed E-state index contributed by atoms with van der Waals surface area (Å²) in [5.74, 6) is 0. The van der Waals surface area contributed by atoms with Gasteiger partial charge in [-0.15, -0.1) is 0 Å². The minimum atomic E-state index is -0.369. The van der Waals surface area contributed by atoms with Crippen molar-refractivity contribution in [3.05, 3.63) is 54.5 Å². The fourth-order valence-electron chi connectivity index (χ4n) is 1.99. The van der Waals surface area contributed by atoms with Crippen molar-refractivity contribution in [3.8, 4) is 6.07 Å². The van der Waals surface area contributed by atoms with E-state index in [4.69, 9.17) is 5.26 Å². The van der Waals surface area contributed by atoms with Crippen molar-refractivity contribution in [2.75, 3.05) is 10.6 Å². The van der Waals surface area contributed by atoms with E-state index in [9.17, 15) is 4.79 Å². The molecule has 102 valence electrons. The summed E-state index contributed by atoms with van der Waals surface area (Å²) in [7, 11) is 0. The second kappa shape index (κ2) is 5.35. The van der Waals surface area contributed by atoms with Gasteiger partial charge in [0, 0.05) is 17.1 Å². The van der Waals surface area contributed by atoms with Crippen molar-refractivity contribution in [3.63, 3.8) is 0 Å². The van der Waals surface area contributed by atoms with Gasteiger partial charge in [-0.1, -0.05) is 18.2 Å². The number of fused-ring (bicyclic) bond motifs is 1. The molecular formula is C15H11N5O. The van der Waals surface area contributed by atoms with Gasteiger partial charge in [-0.05, 0) is 18.2 Å². The van der Waals surface area contributed by atoms with Crippen molar-refractivity contribution in [1.82, 2.24) is 9.97 Å². The highest BCUT2D eigenvalue weighted by Gasteiger charge is 2.07. The van der Waals surface area contributed by atoms with E-state index in [1.807, 2.05) is 30.3 Å². The number of nitrogens with zero attached hydrogens (tertiary/aromatic N) is 2. The molecule has 0 aliphatic heterocycles. The molecule has 0 radical (unpaired) electrons. The van der Waals surface area contributed by atoms with Crippen LogP contribution in [-0.4, -0.2) is 16.0 Å². The minimum absolute atomic E-state index is 0.303. The lowest BCUT2D eigenvalue weighted by molar-refractivity contribution is 0.262. The molecule has 0 bridgehead atoms. The van der Waals surface area contributed by atoms with E-state index in [0.717, 1.165) is 10.9 Å². The molecule has 0 spiro atoms. The van der Waals surface area contributed by atoms with Crippen LogP contribution in [0, 0.1) is 11.3 Å². The third kappa shape index (κ3) is 2.67. The largest absolute Gasteiger partial charge is 0.359 e. The molecule has 3 N–H and O–H groups in total. The SMILES string of the molecule is N#Cc1ccc(NC(=O)Nc2c[nH]c3ccccc23)cn1. The van der Waals surface area contributed by atoms with Crippen LogP contribution < -0.4 is 10.6 Å². The highest BCUT2D eigenvalue weighted by atomic mass is 16.2. The maximum absolute atomic E-state index is 11.9. The van der Waals surface area contributed by atoms with E-state index in [2.05, 4.69) is 20.6 Å². The normalized spacial score (nSPS) is 10.0. The summed E-state index contributed by atoms with van der Waals surface area (Å²) < 4.78 is 0. The standard InChI is InChI=1S/C15H11N5O/c16-7-10-5-6-11(8-17-10)19-15(21)20-14-9-18-13-4-2-1-3-12(13)14/h1-6,8-9,18H,(H2,19,20,21). The lowest BCUT2D eigenvalue weighted by Gasteiger charge is -2.06. The minimum Gasteiger partial charge on any atom is -0.359 e. The Morgan fingerprint density at radius 3 is 2.81 bits per heavy atom. The Bertz CT molecular complexity index is 829. The first-order valence-electron chi connectivity index (χ1n) is 6.26. The number of urea groups is 1. The lowest BCUT2D eigenvalue weighted by Crippen LogP contribution is -2.19. The van der Waals surface area contributed by atoms with Crippen LogP contribution >= 0.6 is 0 Å². The molecule has 2 amide bonds. The zero-order valence-electron chi connectivity index (χ0n) is 10.9. The number of para-hydroxylation sites is 1. The van der Waals surface area contributed by atoms with E-state index >= 15 is 0 Å². The molecule has 0 saturated heterocycles. The van der Waals surface area contributed by atoms with E-state index < -0.39 is 0 Å². The Balaban J connectivity index is 1.73. The maximum atomic E-state index is 11.9. The smallest absolute Gasteiger partial charge is 0.323 e. The molecule has 3 rings (SSSR count). The number of nitriles is 1. The number of benzene rings is 1. The zero-order chi connectivity index (χ0) is 14.7. The molecule has 3 aromatic rings. The molecule has 6 heteroatoms. The number of rotatable bonds is 2. The third-order valence-corrected chi connectivity index (χ3v) is 2.97. The van der Waals surface area contributed by atoms with Crippen LogP contribution in [0.3, 0.4) is 0 Å². The zero-order valence-corrected chi connectivity index (χ0v) is 10.9. The molecule has 0 atom stereocenters. The number of carbonyl (C=O) groups is 1. The summed E-state index contributed by atoms with van der Waals surface area (Å²) >= 11 is 0. The number of pyridine rings is 1. The number of nitrogens with one attached hydrogen (secondary N) is 3. The van der Waals surface area contributed by atoms with Crippen LogP contribution in [0.4, 0.5) is 16.2 Å². The Morgan fingerprint density at radius 1 is 1.19 bits per heavy atom. The summed E-state index contributed by atoms with van der Waals surface area (Å²) in [5, 5.41) is 15.0. The van der Waals surface area contributed by atoms with Gasteiger partial charge in [0.1, 0.15) is 11.8 Å². The third-order valence-electron chi connectivity index (χ3n) is 2.97. The van der Waals surface area contributed by atoms with Gasteiger partial charge in [0.2, 0.25) is 0 Å². The number of amides is 2. The van der Waals surface area contributed by atoms with Gasteiger partial charge in [0.05, 0.1) is 17.6 Å². The van der Waals surface area contributed by atoms with E-state index in [1.165, 1.54) is 6.20 Å². The number of carbonyl (C=O) groups excluding carboxylic acids is 1. The number of hydrogen-bond acceptors (Lipinski definition) is 3. The van der Waals surface area contributed by atoms with Gasteiger partial charge in [0.15, 0.2) is 0 Å². The molecule has 0 saturated carbocycles. The average molecular weight is 277 g/mol. The molecule has 0 fully saturated rings. The van der Waals surface area contributed by atoms with Crippen molar-refractivity contribution in [2.45, 2.75) is 0 Å². The van der Waals surface area contributed by atoms with Gasteiger partial charge in [-0.3, -0.25) is 0 Å². The number of hydrogen-bond donors (Lipinski definition) is 3. The van der Waals surface area contributed by atoms with Gasteiger partial charge in [-0.2, -0.15) is 5.26 Å². The quantitative estimate of drug-likeness (QED) is 0.672. The van der Waals surface area contributed by atoms with Crippen molar-refractivity contribution in [1.29, 1.82) is 5.26 Å². The summed E-state index contributed by atoms with van der Waals surface area (Å²) in [6, 6.07) is 12.4. The number of aromatic amines is 1. The van der Waals surface area contributed by atoms with E-state index in [0.29, 0.717) is 17.1 Å². The Labute approximate surface area is 120 Å². The Morgan fingerprint density at radius 2 is 2.05 bits per heavy atom. The van der Waals surface area contributed by atoms with Crippen LogP contribution in [0.2, 0.25) is 0 Å². The molecule has 2 heterocycles. The van der Waals surface area contributed by atoms with Crippen LogP contribution in [-0.2, 0) is 0 Å². The van der Waals surface area contributed by atoms with Crippen LogP contribution in [0.5, 0.6) is 0 Å². The Kier molecular flexibility index (Phi) is 3.23. The number of anilines is 2. The molecule has 1 aromatic carbocycles. The average Bonchev–Trinajstić information content (AvgIpc) is 2.91. The summed E-state index contributed by atoms with van der Waals surface area (Å²) in [5.41, 5.74) is 2.47. The molecule has 6 nitrogen and oxygen atoms in total. The summed E-state index contributed by atoms with van der Waals surface area (Å²) in [4.78, 5) is 18.9. The molecular weight excluding hydrogens is 266 g/mol. The highest BCUT2D eigenvalue weighted by molar-refractivity contribution is 6.05. The second-order valence-corrected chi connectivity index (χ2v) is 4.37. The van der Waals surface area contributed by atoms with Gasteiger partial charge in [0.25, 0.3) is 0 Å². The fraction of sp³-hybridized carbons (Fsp3) is 0. The second-order valence-electron chi connectivity index (χ2n) is 4.37. The van der Waals surface area contributed by atoms with Crippen molar-refractivity contribution < 1.29 is 4.79 Å². The first-order chi connectivity index (χ1) is 10.3. The predicted molar refractivity (Wildman–Crippen MR) is 79.9 cm³/mol. The van der Waals surface area contributed by atoms with Crippen molar-refractivity contribution in [2.24, 2.45) is 0 Å². The molecule has 0 unspecified atom stereocenters. The van der Waals surface area contributed by atoms with Gasteiger partial charge >= 0.3 is 6.03 Å². The van der Waals surface area contributed by atoms with Crippen LogP contribution in [0.15, 0.2) is 48.8 Å². The van der Waals surface area contributed by atoms with E-state index in [-0.39, 0.29) is 6.03 Å². The molecule has 2 aromatic heterocycles. The van der Waals surface area contributed by atoms with E-state index in [1.54, 1.807) is 18.3 Å². The van der Waals surface area contributed by atoms with Crippen LogP contribution in [0.1, 0.15) is 5.69 Å². The summed E-state index contributed by atoms with van der Waals surface area (Å²) in [6.07, 6.45) is 3.18. The topological polar surface area (TPSA) is 93.6 Å². The maximum Gasteiger partial charge on any atom is 0.323 e. The fourth-order valence-corrected chi connectivity index (χ4v) is 1.99. The first kappa shape index (κ1) is 12.7. The first-order valence-corrected chi connectivity index (χ1v) is 6.26.